The van der Waals surface area contributed by atoms with Gasteiger partial charge < -0.3 is 10.2 Å². The summed E-state index contributed by atoms with van der Waals surface area (Å²) in [7, 11) is 4.32. The van der Waals surface area contributed by atoms with Crippen molar-refractivity contribution in [2.24, 2.45) is 11.8 Å². The minimum Gasteiger partial charge on any atom is -0.317 e. The van der Waals surface area contributed by atoms with Crippen molar-refractivity contribution in [3.05, 3.63) is 34.9 Å². The van der Waals surface area contributed by atoms with Crippen molar-refractivity contribution < 1.29 is 0 Å². The van der Waals surface area contributed by atoms with Crippen molar-refractivity contribution in [2.45, 2.75) is 38.8 Å². The Hall–Kier alpha value is -0.570. The largest absolute Gasteiger partial charge is 0.317 e. The van der Waals surface area contributed by atoms with Crippen LogP contribution in [0.25, 0.3) is 0 Å². The van der Waals surface area contributed by atoms with E-state index in [1.165, 1.54) is 24.8 Å². The third-order valence-corrected chi connectivity index (χ3v) is 4.74. The van der Waals surface area contributed by atoms with Gasteiger partial charge in [0.05, 0.1) is 0 Å². The second-order valence-corrected chi connectivity index (χ2v) is 6.84. The predicted octanol–water partition coefficient (Wildman–Crippen LogP) is 3.80. The molecule has 1 fully saturated rings. The van der Waals surface area contributed by atoms with Crippen molar-refractivity contribution in [2.75, 3.05) is 20.6 Å². The van der Waals surface area contributed by atoms with Gasteiger partial charge in [-0.05, 0) is 62.9 Å². The van der Waals surface area contributed by atoms with Gasteiger partial charge in [-0.2, -0.15) is 0 Å². The normalized spacial score (nSPS) is 26.9. The van der Waals surface area contributed by atoms with Crippen molar-refractivity contribution >= 4 is 11.6 Å². The Morgan fingerprint density at radius 1 is 1.35 bits per heavy atom. The highest BCUT2D eigenvalue weighted by Gasteiger charge is 2.28. The van der Waals surface area contributed by atoms with Crippen LogP contribution in [-0.2, 0) is 6.54 Å². The van der Waals surface area contributed by atoms with Gasteiger partial charge >= 0.3 is 0 Å². The SMILES string of the molecule is CNC1CCC(C)CC1CN(C)Cc1cccc(Cl)c1. The van der Waals surface area contributed by atoms with Crippen LogP contribution in [0.3, 0.4) is 0 Å². The second-order valence-electron chi connectivity index (χ2n) is 6.40. The maximum absolute atomic E-state index is 6.06. The second kappa shape index (κ2) is 7.44. The molecular formula is C17H27ClN2. The van der Waals surface area contributed by atoms with E-state index >= 15 is 0 Å². The van der Waals surface area contributed by atoms with Gasteiger partial charge in [-0.3, -0.25) is 0 Å². The Kier molecular flexibility index (Phi) is 5.88. The minimum atomic E-state index is 0.674. The molecule has 3 heteroatoms. The topological polar surface area (TPSA) is 15.3 Å². The Labute approximate surface area is 128 Å². The molecule has 0 saturated heterocycles. The molecule has 0 spiro atoms. The summed E-state index contributed by atoms with van der Waals surface area (Å²) in [5.74, 6) is 1.62. The predicted molar refractivity (Wildman–Crippen MR) is 87.1 cm³/mol. The quantitative estimate of drug-likeness (QED) is 0.889. The Bertz CT molecular complexity index is 421. The third-order valence-electron chi connectivity index (χ3n) is 4.50. The molecule has 0 amide bonds. The number of hydrogen-bond donors (Lipinski definition) is 1. The van der Waals surface area contributed by atoms with Crippen LogP contribution in [0.2, 0.25) is 5.02 Å². The van der Waals surface area contributed by atoms with Crippen LogP contribution in [0.4, 0.5) is 0 Å². The molecule has 1 aliphatic carbocycles. The van der Waals surface area contributed by atoms with Gasteiger partial charge in [0.15, 0.2) is 0 Å². The van der Waals surface area contributed by atoms with Gasteiger partial charge in [0.25, 0.3) is 0 Å². The van der Waals surface area contributed by atoms with Crippen molar-refractivity contribution in [3.8, 4) is 0 Å². The van der Waals surface area contributed by atoms with Gasteiger partial charge in [0.2, 0.25) is 0 Å². The lowest BCUT2D eigenvalue weighted by atomic mass is 9.78. The zero-order valence-corrected chi connectivity index (χ0v) is 13.7. The smallest absolute Gasteiger partial charge is 0.0409 e. The Morgan fingerprint density at radius 2 is 2.15 bits per heavy atom. The van der Waals surface area contributed by atoms with E-state index < -0.39 is 0 Å². The summed E-state index contributed by atoms with van der Waals surface area (Å²) in [6.07, 6.45) is 4.01. The number of nitrogens with zero attached hydrogens (tertiary/aromatic N) is 1. The first-order chi connectivity index (χ1) is 9.58. The summed E-state index contributed by atoms with van der Waals surface area (Å²) in [6.45, 7) is 4.51. The fourth-order valence-corrected chi connectivity index (χ4v) is 3.71. The number of benzene rings is 1. The minimum absolute atomic E-state index is 0.674. The first kappa shape index (κ1) is 15.8. The number of rotatable bonds is 5. The fraction of sp³-hybridized carbons (Fsp3) is 0.647. The van der Waals surface area contributed by atoms with E-state index in [1.54, 1.807) is 0 Å². The molecule has 1 N–H and O–H groups in total. The van der Waals surface area contributed by atoms with Crippen LogP contribution in [-0.4, -0.2) is 31.6 Å². The molecule has 2 rings (SSSR count). The van der Waals surface area contributed by atoms with Crippen molar-refractivity contribution in [3.63, 3.8) is 0 Å². The maximum Gasteiger partial charge on any atom is 0.0409 e. The summed E-state index contributed by atoms with van der Waals surface area (Å²) in [5.41, 5.74) is 1.30. The van der Waals surface area contributed by atoms with E-state index in [9.17, 15) is 0 Å². The van der Waals surface area contributed by atoms with Gasteiger partial charge in [0, 0.05) is 24.2 Å². The van der Waals surface area contributed by atoms with Gasteiger partial charge in [-0.1, -0.05) is 30.7 Å². The molecule has 2 nitrogen and oxygen atoms in total. The molecule has 20 heavy (non-hydrogen) atoms. The molecule has 0 bridgehead atoms. The highest BCUT2D eigenvalue weighted by molar-refractivity contribution is 6.30. The van der Waals surface area contributed by atoms with E-state index in [0.29, 0.717) is 6.04 Å². The van der Waals surface area contributed by atoms with Crippen LogP contribution in [0.5, 0.6) is 0 Å². The van der Waals surface area contributed by atoms with Crippen LogP contribution in [0, 0.1) is 11.8 Å². The standard InChI is InChI=1S/C17H27ClN2/c1-13-7-8-17(19-2)15(9-13)12-20(3)11-14-5-4-6-16(18)10-14/h4-6,10,13,15,17,19H,7-9,11-12H2,1-3H3. The van der Waals surface area contributed by atoms with Gasteiger partial charge in [-0.15, -0.1) is 0 Å². The molecule has 1 aromatic rings. The number of nitrogens with one attached hydrogen (secondary N) is 1. The summed E-state index contributed by atoms with van der Waals surface area (Å²) in [6, 6.07) is 8.86. The highest BCUT2D eigenvalue weighted by Crippen LogP contribution is 2.29. The molecule has 112 valence electrons. The number of hydrogen-bond acceptors (Lipinski definition) is 2. The molecule has 1 aliphatic rings. The van der Waals surface area contributed by atoms with Crippen LogP contribution in [0.1, 0.15) is 31.7 Å². The molecule has 1 saturated carbocycles. The van der Waals surface area contributed by atoms with Crippen molar-refractivity contribution in [1.29, 1.82) is 0 Å². The lowest BCUT2D eigenvalue weighted by Gasteiger charge is -2.37. The van der Waals surface area contributed by atoms with Crippen LogP contribution >= 0.6 is 11.6 Å². The summed E-state index contributed by atoms with van der Waals surface area (Å²) < 4.78 is 0. The monoisotopic (exact) mass is 294 g/mol. The van der Waals surface area contributed by atoms with E-state index in [1.807, 2.05) is 12.1 Å². The first-order valence-electron chi connectivity index (χ1n) is 7.68. The van der Waals surface area contributed by atoms with Gasteiger partial charge in [-0.25, -0.2) is 0 Å². The first-order valence-corrected chi connectivity index (χ1v) is 8.06. The molecule has 0 heterocycles. The lowest BCUT2D eigenvalue weighted by molar-refractivity contribution is 0.162. The van der Waals surface area contributed by atoms with E-state index in [0.717, 1.165) is 29.9 Å². The fourth-order valence-electron chi connectivity index (χ4n) is 3.49. The van der Waals surface area contributed by atoms with Crippen molar-refractivity contribution in [1.82, 2.24) is 10.2 Å². The summed E-state index contributed by atoms with van der Waals surface area (Å²) >= 11 is 6.06. The Morgan fingerprint density at radius 3 is 2.85 bits per heavy atom. The van der Waals surface area contributed by atoms with Gasteiger partial charge in [0.1, 0.15) is 0 Å². The zero-order chi connectivity index (χ0) is 14.5. The highest BCUT2D eigenvalue weighted by atomic mass is 35.5. The zero-order valence-electron chi connectivity index (χ0n) is 12.9. The average molecular weight is 295 g/mol. The molecule has 0 radical (unpaired) electrons. The molecule has 1 aromatic carbocycles. The van der Waals surface area contributed by atoms with E-state index in [-0.39, 0.29) is 0 Å². The Balaban J connectivity index is 1.90. The van der Waals surface area contributed by atoms with E-state index in [4.69, 9.17) is 11.6 Å². The molecule has 0 aliphatic heterocycles. The van der Waals surface area contributed by atoms with Crippen LogP contribution < -0.4 is 5.32 Å². The molecule has 3 atom stereocenters. The molecule has 3 unspecified atom stereocenters. The molecule has 0 aromatic heterocycles. The average Bonchev–Trinajstić information content (AvgIpc) is 2.38. The summed E-state index contributed by atoms with van der Waals surface area (Å²) in [4.78, 5) is 2.43. The van der Waals surface area contributed by atoms with E-state index in [2.05, 4.69) is 43.4 Å². The molecular weight excluding hydrogens is 268 g/mol. The lowest BCUT2D eigenvalue weighted by Crippen LogP contribution is -2.43. The van der Waals surface area contributed by atoms with Crippen LogP contribution in [0.15, 0.2) is 24.3 Å². The third kappa shape index (κ3) is 4.47. The maximum atomic E-state index is 6.06. The summed E-state index contributed by atoms with van der Waals surface area (Å²) in [5, 5.41) is 4.33. The number of halogens is 1.